The highest BCUT2D eigenvalue weighted by atomic mass is 16.5. The molecule has 0 saturated carbocycles. The maximum absolute atomic E-state index is 12.2. The average Bonchev–Trinajstić information content (AvgIpc) is 3.10. The quantitative estimate of drug-likeness (QED) is 0.515. The topological polar surface area (TPSA) is 117 Å². The number of aromatic nitrogens is 1. The lowest BCUT2D eigenvalue weighted by Gasteiger charge is -2.16. The van der Waals surface area contributed by atoms with E-state index in [-0.39, 0.29) is 19.4 Å². The van der Waals surface area contributed by atoms with E-state index in [1.165, 1.54) is 11.7 Å². The second kappa shape index (κ2) is 10.2. The highest BCUT2D eigenvalue weighted by molar-refractivity contribution is 5.86. The van der Waals surface area contributed by atoms with E-state index in [1.54, 1.807) is 24.3 Å². The van der Waals surface area contributed by atoms with Gasteiger partial charge in [0.25, 0.3) is 5.91 Å². The van der Waals surface area contributed by atoms with Gasteiger partial charge in [0.2, 0.25) is 0 Å². The third-order valence-corrected chi connectivity index (χ3v) is 4.58. The number of esters is 2. The fourth-order valence-corrected chi connectivity index (χ4v) is 3.07. The summed E-state index contributed by atoms with van der Waals surface area (Å²) in [7, 11) is 1.23. The van der Waals surface area contributed by atoms with Gasteiger partial charge in [-0.15, -0.1) is 0 Å². The number of nitrogens with zero attached hydrogens (tertiary/aromatic N) is 1. The first-order valence-electron chi connectivity index (χ1n) is 9.63. The van der Waals surface area contributed by atoms with Crippen LogP contribution in [0, 0.1) is 0 Å². The third-order valence-electron chi connectivity index (χ3n) is 4.58. The fraction of sp³-hybridized carbons (Fsp3) is 0.273. The first-order valence-corrected chi connectivity index (χ1v) is 9.63. The Balaban J connectivity index is 1.50. The normalized spacial score (nSPS) is 11.6. The van der Waals surface area contributed by atoms with E-state index in [4.69, 9.17) is 13.9 Å². The molecule has 2 aromatic carbocycles. The predicted molar refractivity (Wildman–Crippen MR) is 110 cm³/mol. The van der Waals surface area contributed by atoms with Gasteiger partial charge in [0, 0.05) is 13.0 Å². The second-order valence-corrected chi connectivity index (χ2v) is 6.73. The SMILES string of the molecule is COC(=O)[C@@H](Cc1ccccc1)NC(=O)COC(=O)CCn1c(=O)oc2ccccc21. The monoisotopic (exact) mass is 426 g/mol. The Labute approximate surface area is 177 Å². The molecule has 1 amide bonds. The summed E-state index contributed by atoms with van der Waals surface area (Å²) in [5, 5.41) is 2.51. The van der Waals surface area contributed by atoms with Crippen LogP contribution in [0.1, 0.15) is 12.0 Å². The van der Waals surface area contributed by atoms with Gasteiger partial charge in [0.15, 0.2) is 12.2 Å². The van der Waals surface area contributed by atoms with Gasteiger partial charge in [-0.05, 0) is 17.7 Å². The van der Waals surface area contributed by atoms with Crippen molar-refractivity contribution in [3.63, 3.8) is 0 Å². The van der Waals surface area contributed by atoms with E-state index in [2.05, 4.69) is 5.32 Å². The van der Waals surface area contributed by atoms with Crippen LogP contribution < -0.4 is 11.1 Å². The number of para-hydroxylation sites is 2. The zero-order valence-electron chi connectivity index (χ0n) is 16.9. The Bertz CT molecular complexity index is 1120. The smallest absolute Gasteiger partial charge is 0.419 e. The summed E-state index contributed by atoms with van der Waals surface area (Å²) < 4.78 is 16.1. The van der Waals surface area contributed by atoms with Crippen LogP contribution in [-0.2, 0) is 36.8 Å². The van der Waals surface area contributed by atoms with E-state index < -0.39 is 36.3 Å². The number of fused-ring (bicyclic) bond motifs is 1. The molecule has 9 heteroatoms. The van der Waals surface area contributed by atoms with Gasteiger partial charge in [0.1, 0.15) is 6.04 Å². The zero-order chi connectivity index (χ0) is 22.2. The van der Waals surface area contributed by atoms with Crippen molar-refractivity contribution in [2.75, 3.05) is 13.7 Å². The highest BCUT2D eigenvalue weighted by Gasteiger charge is 2.22. The minimum absolute atomic E-state index is 0.0507. The molecule has 0 radical (unpaired) electrons. The average molecular weight is 426 g/mol. The molecule has 1 atom stereocenters. The van der Waals surface area contributed by atoms with Gasteiger partial charge < -0.3 is 19.2 Å². The van der Waals surface area contributed by atoms with Crippen LogP contribution in [0.3, 0.4) is 0 Å². The number of carbonyl (C=O) groups excluding carboxylic acids is 3. The molecule has 0 aliphatic heterocycles. The van der Waals surface area contributed by atoms with Gasteiger partial charge in [-0.3, -0.25) is 14.2 Å². The summed E-state index contributed by atoms with van der Waals surface area (Å²) in [5.41, 5.74) is 1.83. The van der Waals surface area contributed by atoms with Crippen LogP contribution in [-0.4, -0.2) is 42.2 Å². The summed E-state index contributed by atoms with van der Waals surface area (Å²) in [5.74, 6) is -2.47. The number of methoxy groups -OCH3 is 1. The molecule has 0 spiro atoms. The maximum Gasteiger partial charge on any atom is 0.419 e. The van der Waals surface area contributed by atoms with Crippen LogP contribution in [0.25, 0.3) is 11.1 Å². The Morgan fingerprint density at radius 1 is 1.06 bits per heavy atom. The molecule has 31 heavy (non-hydrogen) atoms. The molecule has 0 unspecified atom stereocenters. The van der Waals surface area contributed by atoms with E-state index in [0.717, 1.165) is 5.56 Å². The van der Waals surface area contributed by atoms with E-state index in [0.29, 0.717) is 11.1 Å². The van der Waals surface area contributed by atoms with Crippen molar-refractivity contribution in [1.82, 2.24) is 9.88 Å². The lowest BCUT2D eigenvalue weighted by Crippen LogP contribution is -2.44. The number of oxazole rings is 1. The standard InChI is InChI=1S/C22H22N2O7/c1-29-21(27)16(13-15-7-3-2-4-8-15)23-19(25)14-30-20(26)11-12-24-17-9-5-6-10-18(17)31-22(24)28/h2-10,16H,11-14H2,1H3,(H,23,25)/t16-/m1/s1. The number of nitrogens with one attached hydrogen (secondary N) is 1. The number of hydrogen-bond acceptors (Lipinski definition) is 7. The molecule has 0 aliphatic rings. The molecule has 9 nitrogen and oxygen atoms in total. The third kappa shape index (κ3) is 5.81. The Hall–Kier alpha value is -3.88. The fourth-order valence-electron chi connectivity index (χ4n) is 3.07. The molecule has 162 valence electrons. The van der Waals surface area contributed by atoms with E-state index >= 15 is 0 Å². The summed E-state index contributed by atoms with van der Waals surface area (Å²) in [6.45, 7) is -0.503. The molecule has 0 fully saturated rings. The number of aryl methyl sites for hydroxylation is 1. The number of benzene rings is 2. The minimum Gasteiger partial charge on any atom is -0.467 e. The zero-order valence-corrected chi connectivity index (χ0v) is 16.9. The van der Waals surface area contributed by atoms with Crippen LogP contribution in [0.5, 0.6) is 0 Å². The molecule has 1 N–H and O–H groups in total. The largest absolute Gasteiger partial charge is 0.467 e. The molecule has 0 aliphatic carbocycles. The summed E-state index contributed by atoms with van der Waals surface area (Å²) >= 11 is 0. The summed E-state index contributed by atoms with van der Waals surface area (Å²) in [4.78, 5) is 48.1. The molecule has 1 aromatic heterocycles. The molecular weight excluding hydrogens is 404 g/mol. The van der Waals surface area contributed by atoms with Crippen molar-refractivity contribution in [3.05, 3.63) is 70.7 Å². The van der Waals surface area contributed by atoms with Crippen molar-refractivity contribution in [3.8, 4) is 0 Å². The first-order chi connectivity index (χ1) is 15.0. The number of hydrogen-bond donors (Lipinski definition) is 1. The van der Waals surface area contributed by atoms with E-state index in [1.807, 2.05) is 30.3 Å². The van der Waals surface area contributed by atoms with Crippen LogP contribution in [0.4, 0.5) is 0 Å². The molecular formula is C22H22N2O7. The molecule has 1 heterocycles. The summed E-state index contributed by atoms with van der Waals surface area (Å²) in [6.07, 6.45) is 0.116. The van der Waals surface area contributed by atoms with Gasteiger partial charge in [-0.25, -0.2) is 9.59 Å². The van der Waals surface area contributed by atoms with Crippen molar-refractivity contribution >= 4 is 28.9 Å². The minimum atomic E-state index is -0.908. The lowest BCUT2D eigenvalue weighted by atomic mass is 10.1. The molecule has 0 bridgehead atoms. The Morgan fingerprint density at radius 2 is 1.77 bits per heavy atom. The van der Waals surface area contributed by atoms with Gasteiger partial charge in [-0.2, -0.15) is 0 Å². The number of rotatable bonds is 9. The van der Waals surface area contributed by atoms with Crippen molar-refractivity contribution < 1.29 is 28.3 Å². The van der Waals surface area contributed by atoms with Crippen molar-refractivity contribution in [2.45, 2.75) is 25.4 Å². The Morgan fingerprint density at radius 3 is 2.52 bits per heavy atom. The molecule has 3 rings (SSSR count). The van der Waals surface area contributed by atoms with Gasteiger partial charge in [0.05, 0.1) is 19.0 Å². The predicted octanol–water partition coefficient (Wildman–Crippen LogP) is 1.43. The molecule has 0 saturated heterocycles. The van der Waals surface area contributed by atoms with Gasteiger partial charge >= 0.3 is 17.7 Å². The number of ether oxygens (including phenoxy) is 2. The van der Waals surface area contributed by atoms with Crippen molar-refractivity contribution in [1.29, 1.82) is 0 Å². The number of amides is 1. The second-order valence-electron chi connectivity index (χ2n) is 6.73. The van der Waals surface area contributed by atoms with E-state index in [9.17, 15) is 19.2 Å². The van der Waals surface area contributed by atoms with Crippen LogP contribution in [0.15, 0.2) is 63.8 Å². The molecule has 3 aromatic rings. The van der Waals surface area contributed by atoms with Gasteiger partial charge in [-0.1, -0.05) is 42.5 Å². The lowest BCUT2D eigenvalue weighted by molar-refractivity contribution is -0.150. The maximum atomic E-state index is 12.2. The van der Waals surface area contributed by atoms with Crippen LogP contribution >= 0.6 is 0 Å². The highest BCUT2D eigenvalue weighted by Crippen LogP contribution is 2.12. The number of carbonyl (C=O) groups is 3. The summed E-state index contributed by atoms with van der Waals surface area (Å²) in [6, 6.07) is 15.1. The van der Waals surface area contributed by atoms with Crippen LogP contribution in [0.2, 0.25) is 0 Å². The Kier molecular flexibility index (Phi) is 7.21. The van der Waals surface area contributed by atoms with Crippen molar-refractivity contribution in [2.24, 2.45) is 0 Å². The first kappa shape index (κ1) is 21.8.